The summed E-state index contributed by atoms with van der Waals surface area (Å²) >= 11 is 0. The van der Waals surface area contributed by atoms with E-state index in [0.717, 1.165) is 44.2 Å². The second-order valence-corrected chi connectivity index (χ2v) is 6.59. The smallest absolute Gasteiger partial charge is 0.227 e. The lowest BCUT2D eigenvalue weighted by Gasteiger charge is -2.33. The van der Waals surface area contributed by atoms with E-state index in [1.54, 1.807) is 12.4 Å². The fraction of sp³-hybridized carbons (Fsp3) is 0.667. The molecule has 0 radical (unpaired) electrons. The predicted molar refractivity (Wildman–Crippen MR) is 87.6 cm³/mol. The van der Waals surface area contributed by atoms with Gasteiger partial charge in [0.25, 0.3) is 0 Å². The quantitative estimate of drug-likeness (QED) is 0.860. The maximum Gasteiger partial charge on any atom is 0.227 e. The summed E-state index contributed by atoms with van der Waals surface area (Å²) < 4.78 is 0. The van der Waals surface area contributed by atoms with Crippen molar-refractivity contribution in [1.29, 1.82) is 0 Å². The molecule has 4 heteroatoms. The molecule has 2 heterocycles. The lowest BCUT2D eigenvalue weighted by Crippen LogP contribution is -2.40. The van der Waals surface area contributed by atoms with Crippen LogP contribution in [0, 0.1) is 0 Å². The molecule has 0 aromatic carbocycles. The molecule has 1 saturated heterocycles. The zero-order valence-corrected chi connectivity index (χ0v) is 13.4. The van der Waals surface area contributed by atoms with E-state index in [1.165, 1.54) is 32.1 Å². The summed E-state index contributed by atoms with van der Waals surface area (Å²) in [5, 5.41) is 0. The van der Waals surface area contributed by atoms with Crippen LogP contribution in [-0.2, 0) is 11.2 Å². The fourth-order valence-corrected chi connectivity index (χ4v) is 3.79. The second kappa shape index (κ2) is 7.73. The molecule has 1 aliphatic carbocycles. The fourth-order valence-electron chi connectivity index (χ4n) is 3.79. The van der Waals surface area contributed by atoms with Crippen LogP contribution in [0.25, 0.3) is 0 Å². The third-order valence-corrected chi connectivity index (χ3v) is 5.08. The number of carbonyl (C=O) groups is 1. The van der Waals surface area contributed by atoms with Crippen molar-refractivity contribution in [1.82, 2.24) is 14.8 Å². The zero-order chi connectivity index (χ0) is 15.2. The Morgan fingerprint density at radius 1 is 1.00 bits per heavy atom. The zero-order valence-electron chi connectivity index (χ0n) is 13.4. The van der Waals surface area contributed by atoms with E-state index in [9.17, 15) is 4.79 Å². The molecular weight excluding hydrogens is 274 g/mol. The summed E-state index contributed by atoms with van der Waals surface area (Å²) in [6.45, 7) is 4.00. The number of carbonyl (C=O) groups excluding carboxylic acids is 1. The van der Waals surface area contributed by atoms with Crippen LogP contribution in [0.15, 0.2) is 24.5 Å². The van der Waals surface area contributed by atoms with Crippen molar-refractivity contribution in [3.05, 3.63) is 30.1 Å². The van der Waals surface area contributed by atoms with Gasteiger partial charge in [0.1, 0.15) is 0 Å². The highest BCUT2D eigenvalue weighted by Crippen LogP contribution is 2.23. The van der Waals surface area contributed by atoms with Gasteiger partial charge in [-0.1, -0.05) is 19.3 Å². The van der Waals surface area contributed by atoms with Crippen molar-refractivity contribution in [3.8, 4) is 0 Å². The van der Waals surface area contributed by atoms with Gasteiger partial charge in [-0.05, 0) is 37.0 Å². The highest BCUT2D eigenvalue weighted by atomic mass is 16.2. The number of amides is 1. The highest BCUT2D eigenvalue weighted by Gasteiger charge is 2.25. The minimum atomic E-state index is 0.261. The number of rotatable bonds is 3. The summed E-state index contributed by atoms with van der Waals surface area (Å²) in [6, 6.07) is 4.64. The lowest BCUT2D eigenvalue weighted by molar-refractivity contribution is -0.130. The number of hydrogen-bond acceptors (Lipinski definition) is 3. The van der Waals surface area contributed by atoms with Crippen LogP contribution in [0.4, 0.5) is 0 Å². The Kier molecular flexibility index (Phi) is 5.43. The van der Waals surface area contributed by atoms with Gasteiger partial charge in [0.05, 0.1) is 6.42 Å². The number of aromatic nitrogens is 1. The van der Waals surface area contributed by atoms with Gasteiger partial charge in [0.15, 0.2) is 0 Å². The first-order valence-corrected chi connectivity index (χ1v) is 8.73. The van der Waals surface area contributed by atoms with Crippen LogP contribution >= 0.6 is 0 Å². The van der Waals surface area contributed by atoms with Crippen molar-refractivity contribution in [2.75, 3.05) is 26.2 Å². The molecule has 0 bridgehead atoms. The molecule has 1 saturated carbocycles. The second-order valence-electron chi connectivity index (χ2n) is 6.59. The Morgan fingerprint density at radius 3 is 2.55 bits per heavy atom. The minimum Gasteiger partial charge on any atom is -0.341 e. The van der Waals surface area contributed by atoms with E-state index in [2.05, 4.69) is 14.8 Å². The number of hydrogen-bond donors (Lipinski definition) is 0. The van der Waals surface area contributed by atoms with Gasteiger partial charge in [0, 0.05) is 44.6 Å². The Bertz CT molecular complexity index is 470. The summed E-state index contributed by atoms with van der Waals surface area (Å²) in [6.07, 6.45) is 12.0. The van der Waals surface area contributed by atoms with Gasteiger partial charge < -0.3 is 4.90 Å². The van der Waals surface area contributed by atoms with Gasteiger partial charge in [-0.25, -0.2) is 0 Å². The molecule has 2 fully saturated rings. The largest absolute Gasteiger partial charge is 0.341 e. The molecule has 1 aromatic heterocycles. The van der Waals surface area contributed by atoms with Crippen LogP contribution in [0.3, 0.4) is 0 Å². The van der Waals surface area contributed by atoms with Crippen molar-refractivity contribution >= 4 is 5.91 Å². The van der Waals surface area contributed by atoms with Crippen molar-refractivity contribution in [2.45, 2.75) is 51.0 Å². The monoisotopic (exact) mass is 301 g/mol. The SMILES string of the molecule is O=C(Cc1ccncc1)N1CCCN(C2CCCCC2)CC1. The first-order valence-electron chi connectivity index (χ1n) is 8.73. The van der Waals surface area contributed by atoms with E-state index >= 15 is 0 Å². The van der Waals surface area contributed by atoms with Gasteiger partial charge in [-0.15, -0.1) is 0 Å². The van der Waals surface area contributed by atoms with Gasteiger partial charge in [0.2, 0.25) is 5.91 Å². The lowest BCUT2D eigenvalue weighted by atomic mass is 9.94. The topological polar surface area (TPSA) is 36.4 Å². The molecule has 0 atom stereocenters. The maximum absolute atomic E-state index is 12.5. The maximum atomic E-state index is 12.5. The number of nitrogens with zero attached hydrogens (tertiary/aromatic N) is 3. The van der Waals surface area contributed by atoms with Crippen LogP contribution in [-0.4, -0.2) is 52.9 Å². The average molecular weight is 301 g/mol. The molecular formula is C18H27N3O. The van der Waals surface area contributed by atoms with Gasteiger partial charge in [-0.3, -0.25) is 14.7 Å². The predicted octanol–water partition coefficient (Wildman–Crippen LogP) is 2.49. The van der Waals surface area contributed by atoms with Crippen LogP contribution in [0.1, 0.15) is 44.1 Å². The first-order chi connectivity index (χ1) is 10.8. The van der Waals surface area contributed by atoms with E-state index in [1.807, 2.05) is 12.1 Å². The molecule has 0 N–H and O–H groups in total. The summed E-state index contributed by atoms with van der Waals surface area (Å²) in [5.41, 5.74) is 1.06. The molecule has 22 heavy (non-hydrogen) atoms. The number of pyridine rings is 1. The molecule has 3 rings (SSSR count). The van der Waals surface area contributed by atoms with E-state index in [4.69, 9.17) is 0 Å². The highest BCUT2D eigenvalue weighted by molar-refractivity contribution is 5.78. The van der Waals surface area contributed by atoms with E-state index in [-0.39, 0.29) is 5.91 Å². The van der Waals surface area contributed by atoms with Crippen molar-refractivity contribution in [3.63, 3.8) is 0 Å². The molecule has 1 aliphatic heterocycles. The van der Waals surface area contributed by atoms with Gasteiger partial charge >= 0.3 is 0 Å². The summed E-state index contributed by atoms with van der Waals surface area (Å²) in [7, 11) is 0. The molecule has 4 nitrogen and oxygen atoms in total. The third kappa shape index (κ3) is 4.07. The molecule has 1 aromatic rings. The normalized spacial score (nSPS) is 21.5. The average Bonchev–Trinajstić information content (AvgIpc) is 2.83. The Balaban J connectivity index is 1.52. The molecule has 0 unspecified atom stereocenters. The Hall–Kier alpha value is -1.42. The van der Waals surface area contributed by atoms with Gasteiger partial charge in [-0.2, -0.15) is 0 Å². The molecule has 120 valence electrons. The molecule has 0 spiro atoms. The minimum absolute atomic E-state index is 0.261. The van der Waals surface area contributed by atoms with Crippen LogP contribution < -0.4 is 0 Å². The standard InChI is InChI=1S/C18H27N3O/c22-18(15-16-7-9-19-10-8-16)21-12-4-11-20(13-14-21)17-5-2-1-3-6-17/h7-10,17H,1-6,11-15H2. The van der Waals surface area contributed by atoms with Crippen molar-refractivity contribution in [2.24, 2.45) is 0 Å². The third-order valence-electron chi connectivity index (χ3n) is 5.08. The summed E-state index contributed by atoms with van der Waals surface area (Å²) in [4.78, 5) is 21.2. The molecule has 2 aliphatic rings. The van der Waals surface area contributed by atoms with E-state index in [0.29, 0.717) is 6.42 Å². The summed E-state index contributed by atoms with van der Waals surface area (Å²) in [5.74, 6) is 0.261. The van der Waals surface area contributed by atoms with Crippen LogP contribution in [0.5, 0.6) is 0 Å². The first kappa shape index (κ1) is 15.5. The Morgan fingerprint density at radius 2 is 1.77 bits per heavy atom. The van der Waals surface area contributed by atoms with E-state index < -0.39 is 0 Å². The Labute approximate surface area is 133 Å². The molecule has 1 amide bonds. The van der Waals surface area contributed by atoms with Crippen molar-refractivity contribution < 1.29 is 4.79 Å². The van der Waals surface area contributed by atoms with Crippen LogP contribution in [0.2, 0.25) is 0 Å².